The first-order valence-electron chi connectivity index (χ1n) is 12.2. The van der Waals surface area contributed by atoms with Crippen molar-refractivity contribution >= 4 is 30.0 Å². The van der Waals surface area contributed by atoms with E-state index < -0.39 is 5.09 Å². The van der Waals surface area contributed by atoms with Gasteiger partial charge in [-0.25, -0.2) is 4.98 Å². The highest BCUT2D eigenvalue weighted by molar-refractivity contribution is 8.02. The summed E-state index contributed by atoms with van der Waals surface area (Å²) < 4.78 is 9.58. The van der Waals surface area contributed by atoms with Gasteiger partial charge in [0.25, 0.3) is 11.6 Å². The van der Waals surface area contributed by atoms with E-state index in [0.29, 0.717) is 25.2 Å². The number of thioether (sulfide) groups is 2. The highest BCUT2D eigenvalue weighted by Crippen LogP contribution is 2.28. The Hall–Kier alpha value is -2.96. The number of aryl methyl sites for hydroxylation is 1. The lowest BCUT2D eigenvalue weighted by Crippen LogP contribution is -2.24. The summed E-state index contributed by atoms with van der Waals surface area (Å²) in [5.41, 5.74) is 8.81. The maximum Gasteiger partial charge on any atom is 0.294 e. The summed E-state index contributed by atoms with van der Waals surface area (Å²) in [6.45, 7) is 7.82. The van der Waals surface area contributed by atoms with Crippen LogP contribution >= 0.6 is 23.5 Å². The molecule has 0 fully saturated rings. The molecule has 1 aromatic heterocycles. The van der Waals surface area contributed by atoms with Gasteiger partial charge in [0.05, 0.1) is 26.0 Å². The molecule has 10 nitrogen and oxygen atoms in total. The molecule has 0 aliphatic carbocycles. The molecule has 3 rings (SSSR count). The SMILES string of the molecule is CCS/C=C/N.COc1ccc2c(n1)CN(Cc1ccc(C)cc1)CCS2.O=COCCCCO[N+](=O)[O-]. The summed E-state index contributed by atoms with van der Waals surface area (Å²) in [5, 5.41) is 10.6. The van der Waals surface area contributed by atoms with Crippen molar-refractivity contribution in [3.05, 3.63) is 74.9 Å². The molecule has 0 spiro atoms. The summed E-state index contributed by atoms with van der Waals surface area (Å²) in [6, 6.07) is 12.9. The first kappa shape index (κ1) is 33.1. The Bertz CT molecular complexity index is 963. The number of carbonyl (C=O) groups is 1. The molecule has 210 valence electrons. The van der Waals surface area contributed by atoms with Crippen molar-refractivity contribution < 1.29 is 24.2 Å². The predicted octanol–water partition coefficient (Wildman–Crippen LogP) is 4.82. The Morgan fingerprint density at radius 3 is 2.55 bits per heavy atom. The maximum absolute atomic E-state index is 9.58. The standard InChI is InChI=1S/C17H20N2OS.C5H9NO5.C4H9NS/c1-13-3-5-14(6-4-13)11-19-9-10-21-16-7-8-17(20-2)18-15(16)12-19;7-5-10-3-1-2-4-11-6(8)9;1-2-6-4-3-5/h3-8H,9-12H2,1-2H3;5H,1-4H2;3-4H,2,5H2,1H3/b;;4-3+. The van der Waals surface area contributed by atoms with Crippen molar-refractivity contribution in [2.75, 3.05) is 38.4 Å². The minimum Gasteiger partial charge on any atom is -0.481 e. The lowest BCUT2D eigenvalue weighted by molar-refractivity contribution is -0.757. The van der Waals surface area contributed by atoms with Crippen LogP contribution in [0.1, 0.15) is 36.6 Å². The first-order chi connectivity index (χ1) is 18.4. The van der Waals surface area contributed by atoms with Crippen molar-refractivity contribution in [1.82, 2.24) is 9.88 Å². The molecule has 1 aromatic carbocycles. The van der Waals surface area contributed by atoms with Crippen LogP contribution in [0.25, 0.3) is 0 Å². The fourth-order valence-corrected chi connectivity index (χ4v) is 4.43. The summed E-state index contributed by atoms with van der Waals surface area (Å²) >= 11 is 3.59. The average molecular weight is 567 g/mol. The zero-order valence-electron chi connectivity index (χ0n) is 22.2. The van der Waals surface area contributed by atoms with Gasteiger partial charge in [-0.2, -0.15) is 0 Å². The molecular formula is C26H38N4O6S2. The van der Waals surface area contributed by atoms with E-state index in [9.17, 15) is 14.9 Å². The van der Waals surface area contributed by atoms with Crippen molar-refractivity contribution in [3.63, 3.8) is 0 Å². The van der Waals surface area contributed by atoms with E-state index in [1.165, 1.54) is 16.0 Å². The molecule has 2 aromatic rings. The summed E-state index contributed by atoms with van der Waals surface area (Å²) in [6.07, 6.45) is 2.63. The third kappa shape index (κ3) is 15.3. The second-order valence-electron chi connectivity index (χ2n) is 7.86. The van der Waals surface area contributed by atoms with E-state index in [2.05, 4.69) is 63.6 Å². The van der Waals surface area contributed by atoms with Gasteiger partial charge in [0.15, 0.2) is 0 Å². The largest absolute Gasteiger partial charge is 0.481 e. The molecule has 0 amide bonds. The Morgan fingerprint density at radius 2 is 1.95 bits per heavy atom. The summed E-state index contributed by atoms with van der Waals surface area (Å²) in [5.74, 6) is 2.91. The number of nitrogens with two attached hydrogens (primary N) is 1. The van der Waals surface area contributed by atoms with Crippen molar-refractivity contribution in [2.45, 2.75) is 44.7 Å². The number of aromatic nitrogens is 1. The van der Waals surface area contributed by atoms with Crippen molar-refractivity contribution in [3.8, 4) is 5.88 Å². The third-order valence-electron chi connectivity index (χ3n) is 4.94. The number of carbonyl (C=O) groups excluding carboxylic acids is 1. The molecule has 1 aliphatic heterocycles. The smallest absolute Gasteiger partial charge is 0.294 e. The number of unbranched alkanes of at least 4 members (excludes halogenated alkanes) is 1. The third-order valence-corrected chi connectivity index (χ3v) is 6.70. The molecule has 12 heteroatoms. The Balaban J connectivity index is 0.000000357. The van der Waals surface area contributed by atoms with Crippen LogP contribution in [-0.2, 0) is 27.5 Å². The molecule has 0 saturated carbocycles. The lowest BCUT2D eigenvalue weighted by Gasteiger charge is -2.20. The van der Waals surface area contributed by atoms with E-state index in [0.717, 1.165) is 36.8 Å². The van der Waals surface area contributed by atoms with Crippen molar-refractivity contribution in [1.29, 1.82) is 0 Å². The minimum atomic E-state index is -0.847. The van der Waals surface area contributed by atoms with Gasteiger partial charge in [0.2, 0.25) is 5.88 Å². The van der Waals surface area contributed by atoms with Crippen LogP contribution in [0.5, 0.6) is 5.88 Å². The lowest BCUT2D eigenvalue weighted by atomic mass is 10.1. The van der Waals surface area contributed by atoms with Crippen LogP contribution in [-0.4, -0.2) is 59.8 Å². The number of hydrogen-bond acceptors (Lipinski definition) is 11. The number of methoxy groups -OCH3 is 1. The van der Waals surface area contributed by atoms with Gasteiger partial charge in [0, 0.05) is 42.5 Å². The Morgan fingerprint density at radius 1 is 1.21 bits per heavy atom. The zero-order chi connectivity index (χ0) is 28.0. The molecule has 0 atom stereocenters. The number of ether oxygens (including phenoxy) is 2. The maximum atomic E-state index is 9.58. The number of nitrogens with zero attached hydrogens (tertiary/aromatic N) is 3. The van der Waals surface area contributed by atoms with E-state index >= 15 is 0 Å². The van der Waals surface area contributed by atoms with E-state index in [4.69, 9.17) is 10.5 Å². The normalized spacial score (nSPS) is 12.6. The molecule has 0 bridgehead atoms. The van der Waals surface area contributed by atoms with Gasteiger partial charge in [-0.15, -0.1) is 33.6 Å². The molecule has 1 aliphatic rings. The van der Waals surface area contributed by atoms with Gasteiger partial charge in [0.1, 0.15) is 0 Å². The van der Waals surface area contributed by atoms with Gasteiger partial charge in [-0.05, 0) is 42.6 Å². The minimum absolute atomic E-state index is 0.0508. The van der Waals surface area contributed by atoms with Gasteiger partial charge < -0.3 is 20.0 Å². The first-order valence-corrected chi connectivity index (χ1v) is 14.2. The zero-order valence-corrected chi connectivity index (χ0v) is 23.9. The van der Waals surface area contributed by atoms with Crippen molar-refractivity contribution in [2.24, 2.45) is 5.73 Å². The molecule has 0 radical (unpaired) electrons. The second-order valence-corrected chi connectivity index (χ2v) is 10.2. The topological polar surface area (TPSA) is 130 Å². The molecule has 38 heavy (non-hydrogen) atoms. The molecule has 0 unspecified atom stereocenters. The fraction of sp³-hybridized carbons (Fsp3) is 0.462. The van der Waals surface area contributed by atoms with E-state index in [-0.39, 0.29) is 13.2 Å². The quantitative estimate of drug-likeness (QED) is 0.164. The number of pyridine rings is 1. The fourth-order valence-electron chi connectivity index (χ4n) is 3.12. The summed E-state index contributed by atoms with van der Waals surface area (Å²) in [7, 11) is 1.67. The van der Waals surface area contributed by atoms with E-state index in [1.54, 1.807) is 25.1 Å². The Kier molecular flexibility index (Phi) is 18.3. The van der Waals surface area contributed by atoms with Crippen LogP contribution < -0.4 is 10.5 Å². The van der Waals surface area contributed by atoms with Crippen LogP contribution in [0.2, 0.25) is 0 Å². The number of hydrogen-bond donors (Lipinski definition) is 1. The predicted molar refractivity (Wildman–Crippen MR) is 152 cm³/mol. The highest BCUT2D eigenvalue weighted by atomic mass is 32.2. The van der Waals surface area contributed by atoms with Crippen LogP contribution in [0, 0.1) is 17.0 Å². The average Bonchev–Trinajstić information content (AvgIpc) is 3.12. The van der Waals surface area contributed by atoms with Crippen LogP contribution in [0.4, 0.5) is 0 Å². The summed E-state index contributed by atoms with van der Waals surface area (Å²) in [4.78, 5) is 31.5. The second kappa shape index (κ2) is 21.0. The highest BCUT2D eigenvalue weighted by Gasteiger charge is 2.17. The Labute approximate surface area is 233 Å². The monoisotopic (exact) mass is 566 g/mol. The number of benzene rings is 1. The van der Waals surface area contributed by atoms with Crippen LogP contribution in [0.15, 0.2) is 52.9 Å². The number of fused-ring (bicyclic) bond motifs is 1. The molecular weight excluding hydrogens is 528 g/mol. The van der Waals surface area contributed by atoms with Gasteiger partial charge >= 0.3 is 0 Å². The number of rotatable bonds is 12. The van der Waals surface area contributed by atoms with Crippen LogP contribution in [0.3, 0.4) is 0 Å². The van der Waals surface area contributed by atoms with Gasteiger partial charge in [-0.1, -0.05) is 36.8 Å². The van der Waals surface area contributed by atoms with E-state index in [1.807, 2.05) is 23.2 Å². The molecule has 0 saturated heterocycles. The molecule has 2 N–H and O–H groups in total. The van der Waals surface area contributed by atoms with Gasteiger partial charge in [-0.3, -0.25) is 9.69 Å². The molecule has 2 heterocycles.